The summed E-state index contributed by atoms with van der Waals surface area (Å²) in [5.74, 6) is 0. The number of aromatic nitrogens is 4. The van der Waals surface area contributed by atoms with Crippen LogP contribution in [-0.4, -0.2) is 25.8 Å². The van der Waals surface area contributed by atoms with Gasteiger partial charge in [0.25, 0.3) is 0 Å². The largest absolute Gasteiger partial charge is 0.323 e. The third-order valence-electron chi connectivity index (χ3n) is 4.09. The molecule has 4 rings (SSSR count). The zero-order valence-corrected chi connectivity index (χ0v) is 15.1. The normalized spacial score (nSPS) is 10.7. The molecule has 2 heterocycles. The molecule has 0 unspecified atom stereocenters. The number of halogens is 1. The van der Waals surface area contributed by atoms with Crippen molar-refractivity contribution in [2.45, 2.75) is 6.92 Å². The van der Waals surface area contributed by atoms with Crippen LogP contribution < -0.4 is 10.6 Å². The number of hydrogen-bond donors (Lipinski definition) is 2. The standard InChI is InChI=1S/C19H15ClN6O/c1-12-15(20)6-3-7-16(12)23-19(27)22-14-5-2-4-13(10-14)17-8-9-18-24-21-11-26(18)25-17/h2-11H,1H3,(H2,22,23,27). The van der Waals surface area contributed by atoms with Gasteiger partial charge in [0.2, 0.25) is 0 Å². The molecule has 2 amide bonds. The molecule has 0 aliphatic rings. The maximum atomic E-state index is 12.3. The monoisotopic (exact) mass is 378 g/mol. The molecule has 8 heteroatoms. The highest BCUT2D eigenvalue weighted by atomic mass is 35.5. The summed E-state index contributed by atoms with van der Waals surface area (Å²) in [5, 5.41) is 18.5. The maximum absolute atomic E-state index is 12.3. The molecule has 0 spiro atoms. The van der Waals surface area contributed by atoms with Crippen molar-refractivity contribution in [1.82, 2.24) is 19.8 Å². The summed E-state index contributed by atoms with van der Waals surface area (Å²) in [6.07, 6.45) is 1.54. The first kappa shape index (κ1) is 17.0. The van der Waals surface area contributed by atoms with Crippen LogP contribution >= 0.6 is 11.6 Å². The van der Waals surface area contributed by atoms with Crippen LogP contribution in [0.25, 0.3) is 16.9 Å². The van der Waals surface area contributed by atoms with E-state index in [1.807, 2.05) is 43.3 Å². The number of carbonyl (C=O) groups excluding carboxylic acids is 1. The molecule has 0 radical (unpaired) electrons. The molecule has 0 atom stereocenters. The lowest BCUT2D eigenvalue weighted by atomic mass is 10.1. The number of amides is 2. The summed E-state index contributed by atoms with van der Waals surface area (Å²) in [7, 11) is 0. The summed E-state index contributed by atoms with van der Waals surface area (Å²) in [5.41, 5.74) is 4.41. The summed E-state index contributed by atoms with van der Waals surface area (Å²) in [6, 6.07) is 16.2. The van der Waals surface area contributed by atoms with Crippen molar-refractivity contribution in [3.8, 4) is 11.3 Å². The van der Waals surface area contributed by atoms with Crippen molar-refractivity contribution in [3.63, 3.8) is 0 Å². The Morgan fingerprint density at radius 1 is 1.07 bits per heavy atom. The molecule has 2 N–H and O–H groups in total. The summed E-state index contributed by atoms with van der Waals surface area (Å²) >= 11 is 6.09. The quantitative estimate of drug-likeness (QED) is 0.553. The van der Waals surface area contributed by atoms with Crippen LogP contribution in [0.4, 0.5) is 16.2 Å². The van der Waals surface area contributed by atoms with Crippen LogP contribution in [0, 0.1) is 6.92 Å². The molecular weight excluding hydrogens is 364 g/mol. The minimum atomic E-state index is -0.347. The number of rotatable bonds is 3. The van der Waals surface area contributed by atoms with E-state index in [1.165, 1.54) is 0 Å². The fraction of sp³-hybridized carbons (Fsp3) is 0.0526. The number of nitrogens with zero attached hydrogens (tertiary/aromatic N) is 4. The molecular formula is C19H15ClN6O. The van der Waals surface area contributed by atoms with E-state index in [4.69, 9.17) is 11.6 Å². The van der Waals surface area contributed by atoms with E-state index in [-0.39, 0.29) is 6.03 Å². The van der Waals surface area contributed by atoms with Gasteiger partial charge < -0.3 is 10.6 Å². The van der Waals surface area contributed by atoms with E-state index in [0.717, 1.165) is 16.8 Å². The Kier molecular flexibility index (Phi) is 4.43. The van der Waals surface area contributed by atoms with Crippen molar-refractivity contribution < 1.29 is 4.79 Å². The average molecular weight is 379 g/mol. The van der Waals surface area contributed by atoms with Gasteiger partial charge in [0.15, 0.2) is 5.65 Å². The highest BCUT2D eigenvalue weighted by Gasteiger charge is 2.08. The molecule has 0 bridgehead atoms. The topological polar surface area (TPSA) is 84.2 Å². The number of nitrogens with one attached hydrogen (secondary N) is 2. The van der Waals surface area contributed by atoms with Gasteiger partial charge in [-0.2, -0.15) is 9.61 Å². The Balaban J connectivity index is 1.53. The Morgan fingerprint density at radius 2 is 1.93 bits per heavy atom. The Labute approximate surface area is 160 Å². The number of anilines is 2. The van der Waals surface area contributed by atoms with E-state index in [9.17, 15) is 4.79 Å². The van der Waals surface area contributed by atoms with Gasteiger partial charge in [-0.15, -0.1) is 10.2 Å². The van der Waals surface area contributed by atoms with E-state index in [2.05, 4.69) is 25.9 Å². The first-order valence-electron chi connectivity index (χ1n) is 8.21. The fourth-order valence-corrected chi connectivity index (χ4v) is 2.84. The average Bonchev–Trinajstić information content (AvgIpc) is 3.13. The molecule has 0 saturated heterocycles. The second kappa shape index (κ2) is 7.05. The van der Waals surface area contributed by atoms with Gasteiger partial charge in [0.1, 0.15) is 6.33 Å². The van der Waals surface area contributed by atoms with Crippen LogP contribution in [0.15, 0.2) is 60.9 Å². The highest BCUT2D eigenvalue weighted by Crippen LogP contribution is 2.24. The molecule has 7 nitrogen and oxygen atoms in total. The summed E-state index contributed by atoms with van der Waals surface area (Å²) in [6.45, 7) is 1.85. The van der Waals surface area contributed by atoms with Crippen LogP contribution in [0.3, 0.4) is 0 Å². The third-order valence-corrected chi connectivity index (χ3v) is 4.50. The minimum absolute atomic E-state index is 0.347. The van der Waals surface area contributed by atoms with Gasteiger partial charge in [0.05, 0.1) is 5.69 Å². The van der Waals surface area contributed by atoms with Crippen LogP contribution in [0.2, 0.25) is 5.02 Å². The van der Waals surface area contributed by atoms with Crippen LogP contribution in [0.1, 0.15) is 5.56 Å². The number of benzene rings is 2. The predicted molar refractivity (Wildman–Crippen MR) is 105 cm³/mol. The molecule has 0 aliphatic carbocycles. The van der Waals surface area contributed by atoms with E-state index >= 15 is 0 Å². The SMILES string of the molecule is Cc1c(Cl)cccc1NC(=O)Nc1cccc(-c2ccc3nncn3n2)c1. The number of carbonyl (C=O) groups is 1. The lowest BCUT2D eigenvalue weighted by Crippen LogP contribution is -2.20. The number of urea groups is 1. The second-order valence-electron chi connectivity index (χ2n) is 5.92. The third kappa shape index (κ3) is 3.58. The molecule has 2 aromatic carbocycles. The summed E-state index contributed by atoms with van der Waals surface area (Å²) in [4.78, 5) is 12.3. The van der Waals surface area contributed by atoms with Crippen molar-refractivity contribution in [1.29, 1.82) is 0 Å². The van der Waals surface area contributed by atoms with Crippen molar-refractivity contribution in [3.05, 3.63) is 71.5 Å². The van der Waals surface area contributed by atoms with Crippen molar-refractivity contribution >= 4 is 34.7 Å². The lowest BCUT2D eigenvalue weighted by Gasteiger charge is -2.11. The zero-order chi connectivity index (χ0) is 18.8. The Bertz CT molecular complexity index is 1140. The first-order chi connectivity index (χ1) is 13.1. The second-order valence-corrected chi connectivity index (χ2v) is 6.33. The van der Waals surface area contributed by atoms with Crippen LogP contribution in [-0.2, 0) is 0 Å². The van der Waals surface area contributed by atoms with E-state index in [1.54, 1.807) is 29.0 Å². The Hall–Kier alpha value is -3.45. The predicted octanol–water partition coefficient (Wildman–Crippen LogP) is 4.40. The maximum Gasteiger partial charge on any atom is 0.323 e. The molecule has 0 saturated carbocycles. The van der Waals surface area contributed by atoms with Gasteiger partial charge >= 0.3 is 6.03 Å². The van der Waals surface area contributed by atoms with E-state index < -0.39 is 0 Å². The number of fused-ring (bicyclic) bond motifs is 1. The smallest absolute Gasteiger partial charge is 0.308 e. The minimum Gasteiger partial charge on any atom is -0.308 e. The fourth-order valence-electron chi connectivity index (χ4n) is 2.67. The molecule has 0 aliphatic heterocycles. The van der Waals surface area contributed by atoms with Gasteiger partial charge in [-0.05, 0) is 48.9 Å². The zero-order valence-electron chi connectivity index (χ0n) is 14.3. The first-order valence-corrected chi connectivity index (χ1v) is 8.58. The Morgan fingerprint density at radius 3 is 2.81 bits per heavy atom. The van der Waals surface area contributed by atoms with Gasteiger partial charge in [0, 0.05) is 22.0 Å². The van der Waals surface area contributed by atoms with Crippen LogP contribution in [0.5, 0.6) is 0 Å². The van der Waals surface area contributed by atoms with Gasteiger partial charge in [-0.25, -0.2) is 4.79 Å². The lowest BCUT2D eigenvalue weighted by molar-refractivity contribution is 0.262. The highest BCUT2D eigenvalue weighted by molar-refractivity contribution is 6.31. The van der Waals surface area contributed by atoms with Gasteiger partial charge in [-0.3, -0.25) is 0 Å². The van der Waals surface area contributed by atoms with Crippen molar-refractivity contribution in [2.24, 2.45) is 0 Å². The molecule has 2 aromatic heterocycles. The number of hydrogen-bond acceptors (Lipinski definition) is 4. The van der Waals surface area contributed by atoms with Gasteiger partial charge in [-0.1, -0.05) is 29.8 Å². The van der Waals surface area contributed by atoms with E-state index in [0.29, 0.717) is 22.0 Å². The molecule has 0 fully saturated rings. The summed E-state index contributed by atoms with van der Waals surface area (Å²) < 4.78 is 1.60. The van der Waals surface area contributed by atoms with Crippen molar-refractivity contribution in [2.75, 3.05) is 10.6 Å². The molecule has 27 heavy (non-hydrogen) atoms. The molecule has 134 valence electrons. The molecule has 4 aromatic rings.